The van der Waals surface area contributed by atoms with Crippen LogP contribution >= 0.6 is 0 Å². The number of ether oxygens (including phenoxy) is 1. The van der Waals surface area contributed by atoms with Crippen LogP contribution in [0.4, 0.5) is 0 Å². The molecule has 0 aromatic heterocycles. The highest BCUT2D eigenvalue weighted by Gasteiger charge is 2.07. The highest BCUT2D eigenvalue weighted by atomic mass is 28.3. The molecule has 3 heteroatoms. The van der Waals surface area contributed by atoms with Crippen molar-refractivity contribution in [2.45, 2.75) is 39.4 Å². The average molecular weight is 298 g/mol. The van der Waals surface area contributed by atoms with Crippen molar-refractivity contribution in [1.82, 2.24) is 0 Å². The molecule has 0 spiro atoms. The van der Waals surface area contributed by atoms with Crippen LogP contribution in [0.15, 0.2) is 24.3 Å². The van der Waals surface area contributed by atoms with Crippen molar-refractivity contribution in [3.63, 3.8) is 0 Å². The summed E-state index contributed by atoms with van der Waals surface area (Å²) in [6.07, 6.45) is 0.872. The van der Waals surface area contributed by atoms with Gasteiger partial charge in [-0.15, -0.1) is 5.54 Å². The van der Waals surface area contributed by atoms with Gasteiger partial charge in [0.25, 0.3) is 0 Å². The first-order valence-electron chi connectivity index (χ1n) is 7.18. The molecule has 0 aliphatic carbocycles. The maximum Gasteiger partial charge on any atom is 0.306 e. The second-order valence-electron chi connectivity index (χ2n) is 5.68. The van der Waals surface area contributed by atoms with Crippen LogP contribution in [0.5, 0.6) is 0 Å². The van der Waals surface area contributed by atoms with Crippen LogP contribution in [-0.4, -0.2) is 20.7 Å². The second kappa shape index (κ2) is 8.34. The summed E-state index contributed by atoms with van der Waals surface area (Å²) in [7, 11) is -1.33. The normalized spacial score (nSPS) is 9.90. The van der Waals surface area contributed by atoms with Crippen molar-refractivity contribution in [3.05, 3.63) is 35.4 Å². The van der Waals surface area contributed by atoms with Gasteiger partial charge in [0.05, 0.1) is 13.0 Å². The molecule has 110 valence electrons. The van der Waals surface area contributed by atoms with Crippen LogP contribution in [0.1, 0.15) is 30.9 Å². The fraction of sp³-hybridized carbons (Fsp3) is 0.389. The lowest BCUT2D eigenvalue weighted by atomic mass is 10.1. The van der Waals surface area contributed by atoms with Gasteiger partial charge in [-0.1, -0.05) is 37.4 Å². The van der Waals surface area contributed by atoms with Gasteiger partial charge in [-0.2, -0.15) is 0 Å². The highest BCUT2D eigenvalue weighted by Crippen LogP contribution is 2.04. The minimum atomic E-state index is -1.33. The van der Waals surface area contributed by atoms with E-state index < -0.39 is 8.07 Å². The van der Waals surface area contributed by atoms with Gasteiger partial charge in [-0.05, 0) is 31.2 Å². The van der Waals surface area contributed by atoms with Crippen LogP contribution in [0.3, 0.4) is 0 Å². The van der Waals surface area contributed by atoms with Gasteiger partial charge in [0.1, 0.15) is 8.07 Å². The number of carbonyl (C=O) groups is 1. The largest absolute Gasteiger partial charge is 0.466 e. The minimum absolute atomic E-state index is 0.191. The van der Waals surface area contributed by atoms with Crippen molar-refractivity contribution < 1.29 is 9.53 Å². The summed E-state index contributed by atoms with van der Waals surface area (Å²) in [4.78, 5) is 11.1. The summed E-state index contributed by atoms with van der Waals surface area (Å²) >= 11 is 0. The van der Waals surface area contributed by atoms with Gasteiger partial charge < -0.3 is 4.74 Å². The first-order valence-corrected chi connectivity index (χ1v) is 10.7. The van der Waals surface area contributed by atoms with Gasteiger partial charge in [0, 0.05) is 17.5 Å². The highest BCUT2D eigenvalue weighted by molar-refractivity contribution is 6.83. The van der Waals surface area contributed by atoms with E-state index in [2.05, 4.69) is 42.9 Å². The standard InChI is InChI=1S/C18H22O2Si/c1-5-20-18(19)9-7-6-8-16-10-12-17(13-11-16)14-15-21(2,3)4/h10-13H,5,7,9H2,1-4H3. The van der Waals surface area contributed by atoms with E-state index in [-0.39, 0.29) is 5.97 Å². The molecule has 1 aromatic rings. The molecular weight excluding hydrogens is 276 g/mol. The number of hydrogen-bond donors (Lipinski definition) is 0. The molecule has 0 heterocycles. The predicted molar refractivity (Wildman–Crippen MR) is 89.4 cm³/mol. The molecule has 0 aliphatic rings. The Kier molecular flexibility index (Phi) is 6.79. The van der Waals surface area contributed by atoms with Crippen molar-refractivity contribution in [2.24, 2.45) is 0 Å². The summed E-state index contributed by atoms with van der Waals surface area (Å²) in [6, 6.07) is 7.90. The van der Waals surface area contributed by atoms with Crippen LogP contribution in [-0.2, 0) is 9.53 Å². The van der Waals surface area contributed by atoms with Crippen molar-refractivity contribution in [3.8, 4) is 23.3 Å². The third kappa shape index (κ3) is 8.02. The maximum atomic E-state index is 11.1. The summed E-state index contributed by atoms with van der Waals surface area (Å²) in [5.74, 6) is 9.05. The molecule has 0 aliphatic heterocycles. The molecule has 0 saturated heterocycles. The molecule has 0 unspecified atom stereocenters. The Balaban J connectivity index is 2.55. The van der Waals surface area contributed by atoms with Gasteiger partial charge in [-0.25, -0.2) is 0 Å². The third-order valence-corrected chi connectivity index (χ3v) is 3.33. The molecule has 0 amide bonds. The zero-order valence-electron chi connectivity index (χ0n) is 13.2. The molecule has 0 atom stereocenters. The quantitative estimate of drug-likeness (QED) is 0.484. The molecule has 21 heavy (non-hydrogen) atoms. The Morgan fingerprint density at radius 2 is 1.67 bits per heavy atom. The first kappa shape index (κ1) is 17.1. The molecule has 1 aromatic carbocycles. The summed E-state index contributed by atoms with van der Waals surface area (Å²) < 4.78 is 4.85. The number of hydrogen-bond acceptors (Lipinski definition) is 2. The molecule has 1 rings (SSSR count). The molecule has 0 saturated carbocycles. The van der Waals surface area contributed by atoms with E-state index in [4.69, 9.17) is 4.74 Å². The van der Waals surface area contributed by atoms with E-state index in [9.17, 15) is 4.79 Å². The summed E-state index contributed by atoms with van der Waals surface area (Å²) in [5.41, 5.74) is 5.30. The summed E-state index contributed by atoms with van der Waals surface area (Å²) in [5, 5.41) is 0. The number of benzene rings is 1. The molecule has 0 radical (unpaired) electrons. The average Bonchev–Trinajstić information content (AvgIpc) is 2.42. The fourth-order valence-corrected chi connectivity index (χ4v) is 1.98. The van der Waals surface area contributed by atoms with Gasteiger partial charge in [-0.3, -0.25) is 4.79 Å². The number of esters is 1. The van der Waals surface area contributed by atoms with Crippen LogP contribution in [0.2, 0.25) is 19.6 Å². The minimum Gasteiger partial charge on any atom is -0.466 e. The SMILES string of the molecule is CCOC(=O)CCC#Cc1ccc(C#C[Si](C)(C)C)cc1. The Hall–Kier alpha value is -1.97. The number of rotatable bonds is 3. The van der Waals surface area contributed by atoms with E-state index in [0.29, 0.717) is 19.4 Å². The van der Waals surface area contributed by atoms with Crippen molar-refractivity contribution in [2.75, 3.05) is 6.61 Å². The van der Waals surface area contributed by atoms with E-state index in [1.54, 1.807) is 6.92 Å². The van der Waals surface area contributed by atoms with Crippen molar-refractivity contribution >= 4 is 14.0 Å². The number of carbonyl (C=O) groups excluding carboxylic acids is 1. The monoisotopic (exact) mass is 298 g/mol. The first-order chi connectivity index (χ1) is 9.90. The van der Waals surface area contributed by atoms with Crippen LogP contribution in [0.25, 0.3) is 0 Å². The zero-order valence-corrected chi connectivity index (χ0v) is 14.2. The fourth-order valence-electron chi connectivity index (χ4n) is 1.46. The zero-order chi connectivity index (χ0) is 15.7. The topological polar surface area (TPSA) is 26.3 Å². The van der Waals surface area contributed by atoms with E-state index in [1.807, 2.05) is 24.3 Å². The second-order valence-corrected chi connectivity index (χ2v) is 10.4. The molecular formula is C18H22O2Si. The van der Waals surface area contributed by atoms with Gasteiger partial charge in [0.2, 0.25) is 0 Å². The summed E-state index contributed by atoms with van der Waals surface area (Å²) in [6.45, 7) is 8.90. The van der Waals surface area contributed by atoms with Gasteiger partial charge in [0.15, 0.2) is 0 Å². The molecule has 0 N–H and O–H groups in total. The van der Waals surface area contributed by atoms with Gasteiger partial charge >= 0.3 is 5.97 Å². The smallest absolute Gasteiger partial charge is 0.306 e. The molecule has 2 nitrogen and oxygen atoms in total. The lowest BCUT2D eigenvalue weighted by Gasteiger charge is -2.03. The Labute approximate surface area is 128 Å². The lowest BCUT2D eigenvalue weighted by Crippen LogP contribution is -2.16. The van der Waals surface area contributed by atoms with Crippen LogP contribution in [0, 0.1) is 23.3 Å². The van der Waals surface area contributed by atoms with Crippen molar-refractivity contribution in [1.29, 1.82) is 0 Å². The van der Waals surface area contributed by atoms with E-state index >= 15 is 0 Å². The lowest BCUT2D eigenvalue weighted by molar-refractivity contribution is -0.142. The maximum absolute atomic E-state index is 11.1. The molecule has 0 fully saturated rings. The third-order valence-electron chi connectivity index (χ3n) is 2.46. The Bertz CT molecular complexity index is 587. The van der Waals surface area contributed by atoms with E-state index in [1.165, 1.54) is 0 Å². The predicted octanol–water partition coefficient (Wildman–Crippen LogP) is 3.61. The van der Waals surface area contributed by atoms with Crippen LogP contribution < -0.4 is 0 Å². The Morgan fingerprint density at radius 3 is 2.19 bits per heavy atom. The molecule has 0 bridgehead atoms. The Morgan fingerprint density at radius 1 is 1.10 bits per heavy atom. The van der Waals surface area contributed by atoms with E-state index in [0.717, 1.165) is 11.1 Å².